The van der Waals surface area contributed by atoms with Gasteiger partial charge in [-0.2, -0.15) is 13.2 Å². The maximum Gasteiger partial charge on any atom is 0.406 e. The van der Waals surface area contributed by atoms with Gasteiger partial charge in [-0.3, -0.25) is 4.79 Å². The number of carbonyl (C=O) groups is 1. The van der Waals surface area contributed by atoms with Crippen molar-refractivity contribution in [3.05, 3.63) is 78.4 Å². The molecule has 0 aliphatic rings. The molecule has 0 aromatic heterocycles. The summed E-state index contributed by atoms with van der Waals surface area (Å²) in [6.07, 6.45) is -1.68. The quantitative estimate of drug-likeness (QED) is 0.554. The Kier molecular flexibility index (Phi) is 5.24. The number of carbonyl (C=O) groups excluding carboxylic acids is 1. The number of halogens is 3. The van der Waals surface area contributed by atoms with Crippen molar-refractivity contribution in [2.24, 2.45) is 0 Å². The van der Waals surface area contributed by atoms with Crippen molar-refractivity contribution in [3.8, 4) is 5.75 Å². The van der Waals surface area contributed by atoms with E-state index in [-0.39, 0.29) is 11.3 Å². The number of esters is 1. The summed E-state index contributed by atoms with van der Waals surface area (Å²) in [5.41, 5.74) is 1.25. The average molecular weight is 332 g/mol. The Labute approximate surface area is 137 Å². The summed E-state index contributed by atoms with van der Waals surface area (Å²) in [6, 6.07) is 11.5. The molecule has 0 aliphatic carbocycles. The number of hydrogen-bond acceptors (Lipinski definition) is 2. The van der Waals surface area contributed by atoms with Gasteiger partial charge >= 0.3 is 12.1 Å². The minimum atomic E-state index is -4.76. The third-order valence-corrected chi connectivity index (χ3v) is 3.40. The molecular formula is C19H15F3O2. The van der Waals surface area contributed by atoms with Crippen molar-refractivity contribution in [1.29, 1.82) is 0 Å². The van der Waals surface area contributed by atoms with Crippen molar-refractivity contribution in [1.82, 2.24) is 0 Å². The van der Waals surface area contributed by atoms with E-state index in [4.69, 9.17) is 4.74 Å². The van der Waals surface area contributed by atoms with Gasteiger partial charge < -0.3 is 4.74 Å². The summed E-state index contributed by atoms with van der Waals surface area (Å²) in [5, 5.41) is 0. The lowest BCUT2D eigenvalue weighted by molar-refractivity contribution is -0.174. The molecule has 0 bridgehead atoms. The normalized spacial score (nSPS) is 12.3. The van der Waals surface area contributed by atoms with E-state index in [0.717, 1.165) is 5.56 Å². The van der Waals surface area contributed by atoms with E-state index in [1.165, 1.54) is 42.5 Å². The second-order valence-electron chi connectivity index (χ2n) is 5.04. The second-order valence-corrected chi connectivity index (χ2v) is 5.04. The lowest BCUT2D eigenvalue weighted by atomic mass is 9.97. The van der Waals surface area contributed by atoms with Crippen molar-refractivity contribution < 1.29 is 22.7 Å². The third-order valence-electron chi connectivity index (χ3n) is 3.40. The van der Waals surface area contributed by atoms with Crippen molar-refractivity contribution in [2.75, 3.05) is 0 Å². The molecule has 24 heavy (non-hydrogen) atoms. The molecule has 2 aromatic carbocycles. The Balaban J connectivity index is 2.27. The average Bonchev–Trinajstić information content (AvgIpc) is 2.55. The van der Waals surface area contributed by atoms with E-state index in [9.17, 15) is 18.0 Å². The molecule has 0 fully saturated rings. The van der Waals surface area contributed by atoms with Crippen LogP contribution in [0.5, 0.6) is 5.75 Å². The summed E-state index contributed by atoms with van der Waals surface area (Å²) >= 11 is 0. The van der Waals surface area contributed by atoms with Crippen LogP contribution in [0.15, 0.2) is 61.7 Å². The lowest BCUT2D eigenvalue weighted by Gasteiger charge is -2.19. The van der Waals surface area contributed by atoms with Gasteiger partial charge in [0.2, 0.25) is 0 Å². The molecule has 0 spiro atoms. The third kappa shape index (κ3) is 4.13. The van der Waals surface area contributed by atoms with E-state index < -0.39 is 18.1 Å². The molecule has 2 nitrogen and oxygen atoms in total. The van der Waals surface area contributed by atoms with Crippen LogP contribution in [0.4, 0.5) is 13.2 Å². The fourth-order valence-electron chi connectivity index (χ4n) is 2.13. The van der Waals surface area contributed by atoms with Crippen LogP contribution in [-0.4, -0.2) is 12.1 Å². The molecule has 0 amide bonds. The Morgan fingerprint density at radius 2 is 1.38 bits per heavy atom. The molecule has 2 rings (SSSR count). The molecule has 1 atom stereocenters. The smallest absolute Gasteiger partial charge is 0.406 e. The summed E-state index contributed by atoms with van der Waals surface area (Å²) in [5.74, 6) is -3.68. The minimum absolute atomic E-state index is 0.0440. The first-order chi connectivity index (χ1) is 11.3. The van der Waals surface area contributed by atoms with Crippen LogP contribution < -0.4 is 4.74 Å². The predicted octanol–water partition coefficient (Wildman–Crippen LogP) is 5.22. The molecule has 2 aromatic rings. The van der Waals surface area contributed by atoms with Gasteiger partial charge in [-0.1, -0.05) is 61.7 Å². The van der Waals surface area contributed by atoms with Crippen molar-refractivity contribution >= 4 is 18.1 Å². The van der Waals surface area contributed by atoms with Gasteiger partial charge in [0.1, 0.15) is 5.75 Å². The molecule has 1 unspecified atom stereocenters. The fraction of sp³-hybridized carbons (Fsp3) is 0.105. The van der Waals surface area contributed by atoms with Gasteiger partial charge in [-0.05, 0) is 28.8 Å². The Hall–Kier alpha value is -2.82. The first kappa shape index (κ1) is 17.5. The van der Waals surface area contributed by atoms with Crippen molar-refractivity contribution in [2.45, 2.75) is 12.1 Å². The van der Waals surface area contributed by atoms with E-state index >= 15 is 0 Å². The Morgan fingerprint density at radius 1 is 0.917 bits per heavy atom. The second kappa shape index (κ2) is 7.17. The Morgan fingerprint density at radius 3 is 1.79 bits per heavy atom. The van der Waals surface area contributed by atoms with E-state index in [1.807, 2.05) is 0 Å². The van der Waals surface area contributed by atoms with Crippen LogP contribution in [0, 0.1) is 0 Å². The maximum absolute atomic E-state index is 13.3. The zero-order valence-corrected chi connectivity index (χ0v) is 12.7. The SMILES string of the molecule is C=Cc1ccc(OC(=O)C(c2ccc(C=C)cc2)C(F)(F)F)cc1. The largest absolute Gasteiger partial charge is 0.426 e. The standard InChI is InChI=1S/C19H15F3O2/c1-3-13-5-9-15(10-6-13)17(19(20,21)22)18(23)24-16-11-7-14(4-2)8-12-16/h3-12,17H,1-2H2. The summed E-state index contributed by atoms with van der Waals surface area (Å²) in [6.45, 7) is 7.11. The Bertz CT molecular complexity index is 729. The highest BCUT2D eigenvalue weighted by Gasteiger charge is 2.47. The number of alkyl halides is 3. The summed E-state index contributed by atoms with van der Waals surface area (Å²) in [4.78, 5) is 12.1. The topological polar surface area (TPSA) is 26.3 Å². The first-order valence-corrected chi connectivity index (χ1v) is 7.08. The number of ether oxygens (including phenoxy) is 1. The highest BCUT2D eigenvalue weighted by Crippen LogP contribution is 2.36. The molecular weight excluding hydrogens is 317 g/mol. The molecule has 0 radical (unpaired) electrons. The molecule has 0 saturated carbocycles. The molecule has 0 aliphatic heterocycles. The number of benzene rings is 2. The zero-order chi connectivity index (χ0) is 17.7. The van der Waals surface area contributed by atoms with E-state index in [0.29, 0.717) is 5.56 Å². The number of hydrogen-bond donors (Lipinski definition) is 0. The highest BCUT2D eigenvalue weighted by atomic mass is 19.4. The minimum Gasteiger partial charge on any atom is -0.426 e. The molecule has 0 heterocycles. The lowest BCUT2D eigenvalue weighted by Crippen LogP contribution is -2.31. The van der Waals surface area contributed by atoms with Gasteiger partial charge in [0, 0.05) is 0 Å². The van der Waals surface area contributed by atoms with Gasteiger partial charge in [0.05, 0.1) is 0 Å². The fourth-order valence-corrected chi connectivity index (χ4v) is 2.13. The summed E-state index contributed by atoms with van der Waals surface area (Å²) < 4.78 is 44.9. The molecule has 5 heteroatoms. The van der Waals surface area contributed by atoms with Crippen LogP contribution in [0.1, 0.15) is 22.6 Å². The highest BCUT2D eigenvalue weighted by molar-refractivity contribution is 5.81. The molecule has 0 N–H and O–H groups in total. The van der Waals surface area contributed by atoms with Gasteiger partial charge in [0.15, 0.2) is 5.92 Å². The van der Waals surface area contributed by atoms with Crippen LogP contribution in [-0.2, 0) is 4.79 Å². The van der Waals surface area contributed by atoms with Crippen LogP contribution in [0.2, 0.25) is 0 Å². The predicted molar refractivity (Wildman–Crippen MR) is 87.5 cm³/mol. The monoisotopic (exact) mass is 332 g/mol. The molecule has 0 saturated heterocycles. The van der Waals surface area contributed by atoms with Crippen molar-refractivity contribution in [3.63, 3.8) is 0 Å². The van der Waals surface area contributed by atoms with E-state index in [1.54, 1.807) is 18.2 Å². The zero-order valence-electron chi connectivity index (χ0n) is 12.7. The van der Waals surface area contributed by atoms with Crippen LogP contribution in [0.3, 0.4) is 0 Å². The van der Waals surface area contributed by atoms with Crippen LogP contribution >= 0.6 is 0 Å². The first-order valence-electron chi connectivity index (χ1n) is 7.08. The van der Waals surface area contributed by atoms with Crippen LogP contribution in [0.25, 0.3) is 12.2 Å². The van der Waals surface area contributed by atoms with Gasteiger partial charge in [0.25, 0.3) is 0 Å². The van der Waals surface area contributed by atoms with E-state index in [2.05, 4.69) is 13.2 Å². The van der Waals surface area contributed by atoms with Gasteiger partial charge in [-0.15, -0.1) is 0 Å². The maximum atomic E-state index is 13.3. The summed E-state index contributed by atoms with van der Waals surface area (Å²) in [7, 11) is 0. The molecule has 124 valence electrons. The number of rotatable bonds is 5. The van der Waals surface area contributed by atoms with Gasteiger partial charge in [-0.25, -0.2) is 0 Å².